The molecule has 28 heavy (non-hydrogen) atoms. The maximum Gasteiger partial charge on any atom is 0.213 e. The molecule has 2 rings (SSSR count). The number of hydrogen-bond donors (Lipinski definition) is 2. The first-order valence-electron chi connectivity index (χ1n) is 9.15. The van der Waals surface area contributed by atoms with Crippen molar-refractivity contribution >= 4 is 16.0 Å². The van der Waals surface area contributed by atoms with Gasteiger partial charge in [0.15, 0.2) is 5.96 Å². The van der Waals surface area contributed by atoms with Crippen LogP contribution < -0.4 is 10.0 Å². The minimum absolute atomic E-state index is 0.0981. The predicted molar refractivity (Wildman–Crippen MR) is 111 cm³/mol. The van der Waals surface area contributed by atoms with E-state index in [2.05, 4.69) is 15.0 Å². The van der Waals surface area contributed by atoms with Gasteiger partial charge in [0.1, 0.15) is 5.82 Å². The largest absolute Gasteiger partial charge is 0.357 e. The van der Waals surface area contributed by atoms with Crippen molar-refractivity contribution in [1.82, 2.24) is 14.9 Å². The third-order valence-electron chi connectivity index (χ3n) is 3.99. The van der Waals surface area contributed by atoms with Gasteiger partial charge in [0.2, 0.25) is 10.0 Å². The minimum atomic E-state index is -3.42. The Morgan fingerprint density at radius 1 is 1.07 bits per heavy atom. The fourth-order valence-corrected chi connectivity index (χ4v) is 3.40. The lowest BCUT2D eigenvalue weighted by molar-refractivity contribution is 0.477. The van der Waals surface area contributed by atoms with Crippen molar-refractivity contribution < 1.29 is 12.8 Å². The van der Waals surface area contributed by atoms with E-state index in [1.807, 2.05) is 49.2 Å². The van der Waals surface area contributed by atoms with E-state index in [0.717, 1.165) is 11.1 Å². The van der Waals surface area contributed by atoms with Gasteiger partial charge in [0, 0.05) is 26.7 Å². The molecular formula is C20H27FN4O2S. The van der Waals surface area contributed by atoms with Crippen molar-refractivity contribution in [3.8, 4) is 0 Å². The van der Waals surface area contributed by atoms with Gasteiger partial charge in [0.05, 0.1) is 12.3 Å². The second-order valence-electron chi connectivity index (χ2n) is 6.34. The number of benzene rings is 2. The highest BCUT2D eigenvalue weighted by atomic mass is 32.2. The standard InChI is InChI=1S/C20H27FN4O2S/c1-3-22-20(25(2)16-18-9-11-19(21)12-10-18)23-13-14-28(26,27)24-15-17-7-5-4-6-8-17/h4-12,24H,3,13-16H2,1-2H3,(H,22,23). The van der Waals surface area contributed by atoms with E-state index in [1.54, 1.807) is 12.1 Å². The minimum Gasteiger partial charge on any atom is -0.357 e. The summed E-state index contributed by atoms with van der Waals surface area (Å²) in [5.41, 5.74) is 1.84. The molecule has 152 valence electrons. The molecule has 2 aromatic carbocycles. The zero-order valence-corrected chi connectivity index (χ0v) is 17.0. The molecule has 0 aliphatic rings. The number of hydrogen-bond acceptors (Lipinski definition) is 3. The van der Waals surface area contributed by atoms with Gasteiger partial charge in [0.25, 0.3) is 0 Å². The Morgan fingerprint density at radius 3 is 2.39 bits per heavy atom. The van der Waals surface area contributed by atoms with Crippen molar-refractivity contribution in [2.75, 3.05) is 25.9 Å². The first kappa shape index (κ1) is 21.8. The van der Waals surface area contributed by atoms with E-state index in [1.165, 1.54) is 12.1 Å². The zero-order chi connectivity index (χ0) is 20.4. The van der Waals surface area contributed by atoms with Crippen LogP contribution in [0.15, 0.2) is 59.6 Å². The summed E-state index contributed by atoms with van der Waals surface area (Å²) >= 11 is 0. The number of aliphatic imine (C=N–C) groups is 1. The highest BCUT2D eigenvalue weighted by molar-refractivity contribution is 7.89. The van der Waals surface area contributed by atoms with E-state index in [-0.39, 0.29) is 24.7 Å². The molecule has 0 saturated heterocycles. The summed E-state index contributed by atoms with van der Waals surface area (Å²) in [6.07, 6.45) is 0. The van der Waals surface area contributed by atoms with Gasteiger partial charge < -0.3 is 10.2 Å². The predicted octanol–water partition coefficient (Wildman–Crippen LogP) is 2.34. The third kappa shape index (κ3) is 7.66. The summed E-state index contributed by atoms with van der Waals surface area (Å²) in [6.45, 7) is 3.54. The van der Waals surface area contributed by atoms with Gasteiger partial charge in [-0.1, -0.05) is 42.5 Å². The molecule has 0 fully saturated rings. The van der Waals surface area contributed by atoms with Crippen molar-refractivity contribution in [2.24, 2.45) is 4.99 Å². The Balaban J connectivity index is 1.90. The number of rotatable bonds is 9. The van der Waals surface area contributed by atoms with Crippen molar-refractivity contribution in [1.29, 1.82) is 0 Å². The Kier molecular flexibility index (Phi) is 8.41. The van der Waals surface area contributed by atoms with Crippen LogP contribution in [0, 0.1) is 5.82 Å². The van der Waals surface area contributed by atoms with Crippen LogP contribution in [-0.2, 0) is 23.1 Å². The monoisotopic (exact) mass is 406 g/mol. The van der Waals surface area contributed by atoms with Gasteiger partial charge in [-0.3, -0.25) is 4.99 Å². The van der Waals surface area contributed by atoms with Gasteiger partial charge in [-0.25, -0.2) is 17.5 Å². The molecule has 0 saturated carbocycles. The molecule has 0 atom stereocenters. The van der Waals surface area contributed by atoms with Gasteiger partial charge >= 0.3 is 0 Å². The average molecular weight is 407 g/mol. The first-order valence-corrected chi connectivity index (χ1v) is 10.8. The highest BCUT2D eigenvalue weighted by Gasteiger charge is 2.11. The molecule has 0 bridgehead atoms. The van der Waals surface area contributed by atoms with Crippen molar-refractivity contribution in [3.63, 3.8) is 0 Å². The molecule has 8 heteroatoms. The smallest absolute Gasteiger partial charge is 0.213 e. The normalized spacial score (nSPS) is 12.0. The van der Waals surface area contributed by atoms with Crippen molar-refractivity contribution in [3.05, 3.63) is 71.5 Å². The molecule has 0 aliphatic heterocycles. The summed E-state index contributed by atoms with van der Waals surface area (Å²) in [4.78, 5) is 6.28. The van der Waals surface area contributed by atoms with Crippen LogP contribution in [0.2, 0.25) is 0 Å². The lowest BCUT2D eigenvalue weighted by Crippen LogP contribution is -2.39. The first-order chi connectivity index (χ1) is 13.4. The van der Waals surface area contributed by atoms with Gasteiger partial charge in [-0.05, 0) is 30.2 Å². The molecule has 0 aromatic heterocycles. The molecule has 2 N–H and O–H groups in total. The van der Waals surface area contributed by atoms with Crippen LogP contribution in [-0.4, -0.2) is 45.2 Å². The Morgan fingerprint density at radius 2 is 1.75 bits per heavy atom. The molecule has 0 unspecified atom stereocenters. The number of nitrogens with zero attached hydrogens (tertiary/aromatic N) is 2. The second kappa shape index (κ2) is 10.8. The second-order valence-corrected chi connectivity index (χ2v) is 8.27. The summed E-state index contributed by atoms with van der Waals surface area (Å²) in [5, 5.41) is 3.14. The molecule has 0 heterocycles. The molecular weight excluding hydrogens is 379 g/mol. The molecule has 0 amide bonds. The van der Waals surface area contributed by atoms with E-state index in [0.29, 0.717) is 19.0 Å². The van der Waals surface area contributed by atoms with E-state index in [4.69, 9.17) is 0 Å². The maximum absolute atomic E-state index is 13.0. The number of guanidine groups is 1. The molecule has 6 nitrogen and oxygen atoms in total. The SMILES string of the molecule is CCNC(=NCCS(=O)(=O)NCc1ccccc1)N(C)Cc1ccc(F)cc1. The van der Waals surface area contributed by atoms with E-state index < -0.39 is 10.0 Å². The van der Waals surface area contributed by atoms with E-state index >= 15 is 0 Å². The summed E-state index contributed by atoms with van der Waals surface area (Å²) in [7, 11) is -1.57. The number of halogens is 1. The van der Waals surface area contributed by atoms with Crippen LogP contribution in [0.3, 0.4) is 0 Å². The summed E-state index contributed by atoms with van der Waals surface area (Å²) < 4.78 is 40.0. The van der Waals surface area contributed by atoms with Crippen LogP contribution >= 0.6 is 0 Å². The number of nitrogens with one attached hydrogen (secondary N) is 2. The molecule has 0 radical (unpaired) electrons. The lowest BCUT2D eigenvalue weighted by atomic mass is 10.2. The molecule has 2 aromatic rings. The Labute approximate surface area is 166 Å². The lowest BCUT2D eigenvalue weighted by Gasteiger charge is -2.22. The van der Waals surface area contributed by atoms with Crippen molar-refractivity contribution in [2.45, 2.75) is 20.0 Å². The van der Waals surface area contributed by atoms with Crippen LogP contribution in [0.1, 0.15) is 18.1 Å². The maximum atomic E-state index is 13.0. The van der Waals surface area contributed by atoms with Gasteiger partial charge in [-0.15, -0.1) is 0 Å². The topological polar surface area (TPSA) is 73.8 Å². The Bertz CT molecular complexity index is 856. The average Bonchev–Trinajstić information content (AvgIpc) is 2.68. The fraction of sp³-hybridized carbons (Fsp3) is 0.350. The quantitative estimate of drug-likeness (QED) is 0.495. The fourth-order valence-electron chi connectivity index (χ4n) is 2.54. The molecule has 0 spiro atoms. The van der Waals surface area contributed by atoms with Crippen LogP contribution in [0.4, 0.5) is 4.39 Å². The highest BCUT2D eigenvalue weighted by Crippen LogP contribution is 2.06. The summed E-state index contributed by atoms with van der Waals surface area (Å²) in [5.74, 6) is 0.226. The van der Waals surface area contributed by atoms with Crippen LogP contribution in [0.25, 0.3) is 0 Å². The number of sulfonamides is 1. The van der Waals surface area contributed by atoms with E-state index in [9.17, 15) is 12.8 Å². The summed E-state index contributed by atoms with van der Waals surface area (Å²) in [6, 6.07) is 15.6. The molecule has 0 aliphatic carbocycles. The van der Waals surface area contributed by atoms with Crippen LogP contribution in [0.5, 0.6) is 0 Å². The third-order valence-corrected chi connectivity index (χ3v) is 5.29. The van der Waals surface area contributed by atoms with Gasteiger partial charge in [-0.2, -0.15) is 0 Å². The zero-order valence-electron chi connectivity index (χ0n) is 16.2. The Hall–Kier alpha value is -2.45.